The number of imidazole rings is 1. The number of amides is 2. The Bertz CT molecular complexity index is 773. The zero-order valence-corrected chi connectivity index (χ0v) is 13.5. The molecule has 2 N–H and O–H groups in total. The van der Waals surface area contributed by atoms with Gasteiger partial charge in [-0.3, -0.25) is 9.59 Å². The Morgan fingerprint density at radius 2 is 1.96 bits per heavy atom. The monoisotopic (exact) mass is 346 g/mol. The molecule has 0 aromatic carbocycles. The molecule has 2 amide bonds. The average Bonchev–Trinajstić information content (AvgIpc) is 3.20. The number of carbonyl (C=O) groups is 3. The lowest BCUT2D eigenvalue weighted by atomic mass is 10.2. The lowest BCUT2D eigenvalue weighted by Crippen LogP contribution is -2.31. The molecule has 2 aromatic heterocycles. The molecule has 1 aliphatic rings. The van der Waals surface area contributed by atoms with E-state index in [1.54, 1.807) is 6.33 Å². The molecule has 0 spiro atoms. The zero-order valence-electron chi connectivity index (χ0n) is 13.5. The first-order chi connectivity index (χ1) is 12.1. The van der Waals surface area contributed by atoms with Crippen molar-refractivity contribution in [3.63, 3.8) is 0 Å². The average molecular weight is 346 g/mol. The van der Waals surface area contributed by atoms with Crippen LogP contribution in [0.2, 0.25) is 0 Å². The number of nitrogens with one attached hydrogen (secondary N) is 2. The van der Waals surface area contributed by atoms with Crippen LogP contribution in [0.3, 0.4) is 0 Å². The lowest BCUT2D eigenvalue weighted by Gasteiger charge is -2.12. The number of hydrogen-bond acceptors (Lipinski definition) is 8. The SMILES string of the molecule is O=C(CCCCCNc1ncnc2nc[nH]c12)ON1C(=O)CCC1=O. The second kappa shape index (κ2) is 7.69. The summed E-state index contributed by atoms with van der Waals surface area (Å²) in [6.45, 7) is 0.684. The number of nitrogens with zero attached hydrogens (tertiary/aromatic N) is 4. The van der Waals surface area contributed by atoms with E-state index in [1.807, 2.05) is 0 Å². The highest BCUT2D eigenvalue weighted by molar-refractivity contribution is 6.01. The number of carbonyl (C=O) groups excluding carboxylic acids is 3. The van der Waals surface area contributed by atoms with Crippen LogP contribution in [-0.2, 0) is 19.2 Å². The molecule has 3 rings (SSSR count). The fourth-order valence-electron chi connectivity index (χ4n) is 2.48. The van der Waals surface area contributed by atoms with Gasteiger partial charge in [0.2, 0.25) is 0 Å². The van der Waals surface area contributed by atoms with E-state index in [-0.39, 0.29) is 19.3 Å². The van der Waals surface area contributed by atoms with Crippen molar-refractivity contribution in [1.29, 1.82) is 0 Å². The first kappa shape index (κ1) is 16.8. The van der Waals surface area contributed by atoms with Crippen molar-refractivity contribution in [2.75, 3.05) is 11.9 Å². The van der Waals surface area contributed by atoms with E-state index < -0.39 is 17.8 Å². The summed E-state index contributed by atoms with van der Waals surface area (Å²) in [6.07, 6.45) is 5.61. The van der Waals surface area contributed by atoms with Crippen molar-refractivity contribution in [3.05, 3.63) is 12.7 Å². The highest BCUT2D eigenvalue weighted by atomic mass is 16.7. The van der Waals surface area contributed by atoms with Crippen molar-refractivity contribution in [1.82, 2.24) is 25.0 Å². The van der Waals surface area contributed by atoms with Gasteiger partial charge in [-0.05, 0) is 12.8 Å². The Morgan fingerprint density at radius 3 is 2.76 bits per heavy atom. The summed E-state index contributed by atoms with van der Waals surface area (Å²) in [6, 6.07) is 0. The summed E-state index contributed by atoms with van der Waals surface area (Å²) in [4.78, 5) is 54.4. The second-order valence-electron chi connectivity index (χ2n) is 5.61. The number of aromatic amines is 1. The van der Waals surface area contributed by atoms with Gasteiger partial charge < -0.3 is 15.1 Å². The highest BCUT2D eigenvalue weighted by Crippen LogP contribution is 2.15. The molecule has 0 unspecified atom stereocenters. The van der Waals surface area contributed by atoms with Crippen LogP contribution in [0.5, 0.6) is 0 Å². The Balaban J connectivity index is 1.32. The second-order valence-corrected chi connectivity index (χ2v) is 5.61. The molecule has 1 fully saturated rings. The number of fused-ring (bicyclic) bond motifs is 1. The van der Waals surface area contributed by atoms with Gasteiger partial charge in [0.25, 0.3) is 11.8 Å². The van der Waals surface area contributed by atoms with Crippen LogP contribution in [0.25, 0.3) is 11.2 Å². The summed E-state index contributed by atoms with van der Waals surface area (Å²) in [7, 11) is 0. The van der Waals surface area contributed by atoms with Crippen molar-refractivity contribution >= 4 is 34.8 Å². The minimum Gasteiger partial charge on any atom is -0.368 e. The topological polar surface area (TPSA) is 130 Å². The number of hydroxylamine groups is 2. The minimum atomic E-state index is -0.563. The van der Waals surface area contributed by atoms with Gasteiger partial charge in [-0.25, -0.2) is 19.7 Å². The van der Waals surface area contributed by atoms with Crippen molar-refractivity contribution in [3.8, 4) is 0 Å². The molecule has 3 heterocycles. The number of anilines is 1. The van der Waals surface area contributed by atoms with Crippen LogP contribution >= 0.6 is 0 Å². The molecule has 1 saturated heterocycles. The van der Waals surface area contributed by atoms with E-state index in [9.17, 15) is 14.4 Å². The summed E-state index contributed by atoms with van der Waals surface area (Å²) >= 11 is 0. The lowest BCUT2D eigenvalue weighted by molar-refractivity contribution is -0.197. The van der Waals surface area contributed by atoms with E-state index in [2.05, 4.69) is 25.3 Å². The Labute approximate surface area is 142 Å². The molecule has 0 radical (unpaired) electrons. The summed E-state index contributed by atoms with van der Waals surface area (Å²) in [5.41, 5.74) is 1.36. The van der Waals surface area contributed by atoms with E-state index in [0.717, 1.165) is 18.4 Å². The van der Waals surface area contributed by atoms with Crippen LogP contribution in [0, 0.1) is 0 Å². The molecule has 1 aliphatic heterocycles. The third-order valence-electron chi connectivity index (χ3n) is 3.77. The number of aromatic nitrogens is 4. The van der Waals surface area contributed by atoms with Gasteiger partial charge in [-0.15, -0.1) is 5.06 Å². The Hall–Kier alpha value is -3.04. The molecule has 2 aromatic rings. The van der Waals surface area contributed by atoms with E-state index in [0.29, 0.717) is 29.5 Å². The maximum atomic E-state index is 11.6. The molecule has 25 heavy (non-hydrogen) atoms. The quantitative estimate of drug-likeness (QED) is 0.533. The fraction of sp³-hybridized carbons (Fsp3) is 0.467. The standard InChI is InChI=1S/C15H18N6O4/c22-10-5-6-11(23)21(10)25-12(24)4-2-1-3-7-16-14-13-15(18-8-17-13)20-9-19-14/h8-9H,1-7H2,(H2,16,17,18,19,20). The third-order valence-corrected chi connectivity index (χ3v) is 3.77. The maximum absolute atomic E-state index is 11.6. The molecule has 0 aliphatic carbocycles. The van der Waals surface area contributed by atoms with Gasteiger partial charge in [0.15, 0.2) is 11.5 Å². The molecule has 132 valence electrons. The molecular formula is C15H18N6O4. The number of imide groups is 1. The van der Waals surface area contributed by atoms with Crippen LogP contribution < -0.4 is 5.32 Å². The predicted molar refractivity (Wildman–Crippen MR) is 85.8 cm³/mol. The number of rotatable bonds is 8. The van der Waals surface area contributed by atoms with Crippen molar-refractivity contribution in [2.45, 2.75) is 38.5 Å². The van der Waals surface area contributed by atoms with Gasteiger partial charge in [0.05, 0.1) is 6.33 Å². The number of hydrogen-bond donors (Lipinski definition) is 2. The molecule has 0 saturated carbocycles. The highest BCUT2D eigenvalue weighted by Gasteiger charge is 2.32. The first-order valence-electron chi connectivity index (χ1n) is 8.09. The Morgan fingerprint density at radius 1 is 1.16 bits per heavy atom. The Kier molecular flexibility index (Phi) is 5.17. The van der Waals surface area contributed by atoms with Gasteiger partial charge in [0.1, 0.15) is 11.8 Å². The molecule has 0 bridgehead atoms. The molecule has 0 atom stereocenters. The number of unbranched alkanes of at least 4 members (excludes halogenated alkanes) is 2. The first-order valence-corrected chi connectivity index (χ1v) is 8.09. The van der Waals surface area contributed by atoms with Gasteiger partial charge >= 0.3 is 5.97 Å². The van der Waals surface area contributed by atoms with Crippen molar-refractivity contribution < 1.29 is 19.2 Å². The van der Waals surface area contributed by atoms with Crippen LogP contribution in [0.15, 0.2) is 12.7 Å². The van der Waals surface area contributed by atoms with E-state index in [4.69, 9.17) is 4.84 Å². The van der Waals surface area contributed by atoms with Gasteiger partial charge in [0, 0.05) is 25.8 Å². The van der Waals surface area contributed by atoms with E-state index >= 15 is 0 Å². The molecule has 10 nitrogen and oxygen atoms in total. The van der Waals surface area contributed by atoms with Gasteiger partial charge in [-0.1, -0.05) is 6.42 Å². The summed E-state index contributed by atoms with van der Waals surface area (Å²) < 4.78 is 0. The fourth-order valence-corrected chi connectivity index (χ4v) is 2.48. The minimum absolute atomic E-state index is 0.102. The molecule has 10 heteroatoms. The van der Waals surface area contributed by atoms with Crippen molar-refractivity contribution in [2.24, 2.45) is 0 Å². The smallest absolute Gasteiger partial charge is 0.333 e. The van der Waals surface area contributed by atoms with Crippen LogP contribution in [-0.4, -0.2) is 49.3 Å². The third kappa shape index (κ3) is 4.08. The predicted octanol–water partition coefficient (Wildman–Crippen LogP) is 0.932. The summed E-state index contributed by atoms with van der Waals surface area (Å²) in [5.74, 6) is -0.797. The number of H-pyrrole nitrogens is 1. The summed E-state index contributed by atoms with van der Waals surface area (Å²) in [5, 5.41) is 3.77. The van der Waals surface area contributed by atoms with Gasteiger partial charge in [-0.2, -0.15) is 0 Å². The zero-order chi connectivity index (χ0) is 17.6. The largest absolute Gasteiger partial charge is 0.368 e. The normalized spacial score (nSPS) is 14.3. The van der Waals surface area contributed by atoms with Crippen LogP contribution in [0.4, 0.5) is 5.82 Å². The van der Waals surface area contributed by atoms with E-state index in [1.165, 1.54) is 6.33 Å². The maximum Gasteiger partial charge on any atom is 0.333 e. The molecular weight excluding hydrogens is 328 g/mol. The van der Waals surface area contributed by atoms with Crippen LogP contribution in [0.1, 0.15) is 38.5 Å².